The van der Waals surface area contributed by atoms with E-state index in [0.29, 0.717) is 17.0 Å². The molecule has 6 nitrogen and oxygen atoms in total. The summed E-state index contributed by atoms with van der Waals surface area (Å²) >= 11 is 0. The Labute approximate surface area is 166 Å². The first kappa shape index (κ1) is 20.4. The van der Waals surface area contributed by atoms with Crippen LogP contribution in [0.4, 0.5) is 5.69 Å². The molecule has 7 heteroatoms. The number of anilines is 1. The normalized spacial score (nSPS) is 20.5. The minimum atomic E-state index is -3.56. The summed E-state index contributed by atoms with van der Waals surface area (Å²) in [5, 5.41) is 2.78. The summed E-state index contributed by atoms with van der Waals surface area (Å²) in [4.78, 5) is 12.6. The van der Waals surface area contributed by atoms with Crippen molar-refractivity contribution in [3.8, 4) is 5.75 Å². The number of ether oxygens (including phenoxy) is 1. The van der Waals surface area contributed by atoms with Gasteiger partial charge in [0, 0.05) is 23.3 Å². The van der Waals surface area contributed by atoms with Gasteiger partial charge in [-0.3, -0.25) is 4.79 Å². The van der Waals surface area contributed by atoms with E-state index in [1.807, 2.05) is 13.8 Å². The van der Waals surface area contributed by atoms with Gasteiger partial charge in [0.25, 0.3) is 5.91 Å². The van der Waals surface area contributed by atoms with Gasteiger partial charge < -0.3 is 10.1 Å². The molecule has 1 N–H and O–H groups in total. The van der Waals surface area contributed by atoms with E-state index in [4.69, 9.17) is 4.74 Å². The Balaban J connectivity index is 1.76. The summed E-state index contributed by atoms with van der Waals surface area (Å²) in [5.74, 6) is 0.312. The molecule has 2 aromatic rings. The molecule has 1 aliphatic heterocycles. The number of sulfonamides is 1. The topological polar surface area (TPSA) is 75.7 Å². The zero-order valence-corrected chi connectivity index (χ0v) is 17.2. The molecular formula is C21H26N2O4S. The van der Waals surface area contributed by atoms with Crippen LogP contribution < -0.4 is 10.1 Å². The van der Waals surface area contributed by atoms with Crippen LogP contribution >= 0.6 is 0 Å². The van der Waals surface area contributed by atoms with Crippen molar-refractivity contribution >= 4 is 21.6 Å². The van der Waals surface area contributed by atoms with E-state index in [2.05, 4.69) is 5.32 Å². The fourth-order valence-electron chi connectivity index (χ4n) is 3.67. The van der Waals surface area contributed by atoms with E-state index in [9.17, 15) is 13.2 Å². The zero-order chi connectivity index (χ0) is 20.3. The minimum Gasteiger partial charge on any atom is -0.497 e. The van der Waals surface area contributed by atoms with Gasteiger partial charge >= 0.3 is 0 Å². The highest BCUT2D eigenvalue weighted by Crippen LogP contribution is 2.30. The van der Waals surface area contributed by atoms with Crippen LogP contribution in [0.5, 0.6) is 5.75 Å². The average Bonchev–Trinajstić information content (AvgIpc) is 2.68. The van der Waals surface area contributed by atoms with Gasteiger partial charge in [-0.15, -0.1) is 0 Å². The Bertz CT molecular complexity index is 931. The molecule has 0 aliphatic carbocycles. The third-order valence-corrected chi connectivity index (χ3v) is 7.27. The van der Waals surface area contributed by atoms with Crippen LogP contribution in [0, 0.1) is 0 Å². The van der Waals surface area contributed by atoms with E-state index < -0.39 is 10.0 Å². The lowest BCUT2D eigenvalue weighted by molar-refractivity contribution is 0.102. The average molecular weight is 403 g/mol. The SMILES string of the molecule is COc1cccc(C(=O)Nc2ccc(S(=O)(=O)N3C(C)CCCC3C)cc2)c1. The Morgan fingerprint density at radius 1 is 1.07 bits per heavy atom. The summed E-state index contributed by atoms with van der Waals surface area (Å²) in [6.07, 6.45) is 2.79. The van der Waals surface area contributed by atoms with Crippen molar-refractivity contribution < 1.29 is 17.9 Å². The van der Waals surface area contributed by atoms with E-state index in [1.54, 1.807) is 59.9 Å². The highest BCUT2D eigenvalue weighted by atomic mass is 32.2. The Morgan fingerprint density at radius 3 is 2.32 bits per heavy atom. The lowest BCUT2D eigenvalue weighted by Gasteiger charge is -2.37. The molecule has 1 heterocycles. The van der Waals surface area contributed by atoms with Crippen LogP contribution in [-0.2, 0) is 10.0 Å². The van der Waals surface area contributed by atoms with Crippen LogP contribution in [0.1, 0.15) is 43.5 Å². The Morgan fingerprint density at radius 2 is 1.71 bits per heavy atom. The molecule has 0 spiro atoms. The third-order valence-electron chi connectivity index (χ3n) is 5.13. The highest BCUT2D eigenvalue weighted by Gasteiger charge is 2.35. The number of rotatable bonds is 5. The van der Waals surface area contributed by atoms with Crippen LogP contribution in [0.3, 0.4) is 0 Å². The van der Waals surface area contributed by atoms with E-state index in [0.717, 1.165) is 19.3 Å². The maximum Gasteiger partial charge on any atom is 0.255 e. The van der Waals surface area contributed by atoms with E-state index in [1.165, 1.54) is 0 Å². The molecule has 1 amide bonds. The first-order valence-electron chi connectivity index (χ1n) is 9.42. The molecule has 2 unspecified atom stereocenters. The second-order valence-corrected chi connectivity index (χ2v) is 9.02. The van der Waals surface area contributed by atoms with Crippen LogP contribution in [0.25, 0.3) is 0 Å². The van der Waals surface area contributed by atoms with E-state index >= 15 is 0 Å². The predicted molar refractivity (Wildman–Crippen MR) is 109 cm³/mol. The Hall–Kier alpha value is -2.38. The molecule has 0 radical (unpaired) electrons. The standard InChI is InChI=1S/C21H26N2O4S/c1-15-6-4-7-16(2)23(15)28(25,26)20-12-10-18(11-13-20)22-21(24)17-8-5-9-19(14-17)27-3/h5,8-16H,4,6-7H2,1-3H3,(H,22,24). The monoisotopic (exact) mass is 402 g/mol. The molecule has 2 atom stereocenters. The fourth-order valence-corrected chi connectivity index (χ4v) is 5.55. The minimum absolute atomic E-state index is 0.0128. The lowest BCUT2D eigenvalue weighted by atomic mass is 10.0. The van der Waals surface area contributed by atoms with Gasteiger partial charge in [-0.25, -0.2) is 8.42 Å². The number of piperidine rings is 1. The number of nitrogens with one attached hydrogen (secondary N) is 1. The molecule has 0 saturated carbocycles. The number of benzene rings is 2. The predicted octanol–water partition coefficient (Wildman–Crippen LogP) is 3.90. The van der Waals surface area contributed by atoms with Gasteiger partial charge in [-0.1, -0.05) is 12.5 Å². The first-order chi connectivity index (χ1) is 13.3. The van der Waals surface area contributed by atoms with E-state index in [-0.39, 0.29) is 22.9 Å². The number of nitrogens with zero attached hydrogens (tertiary/aromatic N) is 1. The van der Waals surface area contributed by atoms with Crippen molar-refractivity contribution in [1.29, 1.82) is 0 Å². The molecule has 1 aliphatic rings. The highest BCUT2D eigenvalue weighted by molar-refractivity contribution is 7.89. The molecule has 1 fully saturated rings. The van der Waals surface area contributed by atoms with Crippen LogP contribution in [0.15, 0.2) is 53.4 Å². The molecule has 0 bridgehead atoms. The van der Waals surface area contributed by atoms with Gasteiger partial charge in [-0.05, 0) is 69.2 Å². The number of methoxy groups -OCH3 is 1. The summed E-state index contributed by atoms with van der Waals surface area (Å²) in [6.45, 7) is 3.91. The summed E-state index contributed by atoms with van der Waals surface area (Å²) < 4.78 is 32.9. The van der Waals surface area contributed by atoms with Gasteiger partial charge in [0.2, 0.25) is 10.0 Å². The van der Waals surface area contributed by atoms with Crippen molar-refractivity contribution in [1.82, 2.24) is 4.31 Å². The molecular weight excluding hydrogens is 376 g/mol. The maximum atomic E-state index is 13.1. The number of amides is 1. The van der Waals surface area contributed by atoms with Crippen molar-refractivity contribution in [3.63, 3.8) is 0 Å². The van der Waals surface area contributed by atoms with Crippen LogP contribution in [-0.4, -0.2) is 37.8 Å². The molecule has 3 rings (SSSR count). The molecule has 28 heavy (non-hydrogen) atoms. The molecule has 150 valence electrons. The number of hydrogen-bond donors (Lipinski definition) is 1. The second kappa shape index (κ2) is 8.32. The molecule has 0 aromatic heterocycles. The molecule has 2 aromatic carbocycles. The lowest BCUT2D eigenvalue weighted by Crippen LogP contribution is -2.47. The second-order valence-electron chi connectivity index (χ2n) is 7.17. The van der Waals surface area contributed by atoms with Crippen LogP contribution in [0.2, 0.25) is 0 Å². The van der Waals surface area contributed by atoms with Gasteiger partial charge in [-0.2, -0.15) is 4.31 Å². The van der Waals surface area contributed by atoms with Crippen molar-refractivity contribution in [2.75, 3.05) is 12.4 Å². The van der Waals surface area contributed by atoms with Gasteiger partial charge in [0.05, 0.1) is 12.0 Å². The molecule has 1 saturated heterocycles. The maximum absolute atomic E-state index is 13.1. The summed E-state index contributed by atoms with van der Waals surface area (Å²) in [6, 6.07) is 13.1. The third kappa shape index (κ3) is 4.20. The zero-order valence-electron chi connectivity index (χ0n) is 16.4. The smallest absolute Gasteiger partial charge is 0.255 e. The van der Waals surface area contributed by atoms with Crippen molar-refractivity contribution in [2.24, 2.45) is 0 Å². The summed E-state index contributed by atoms with van der Waals surface area (Å²) in [7, 11) is -2.02. The number of hydrogen-bond acceptors (Lipinski definition) is 4. The van der Waals surface area contributed by atoms with Gasteiger partial charge in [0.15, 0.2) is 0 Å². The number of carbonyl (C=O) groups is 1. The summed E-state index contributed by atoms with van der Waals surface area (Å²) in [5.41, 5.74) is 0.999. The van der Waals surface area contributed by atoms with Gasteiger partial charge in [0.1, 0.15) is 5.75 Å². The number of carbonyl (C=O) groups excluding carboxylic acids is 1. The van der Waals surface area contributed by atoms with Crippen molar-refractivity contribution in [3.05, 3.63) is 54.1 Å². The largest absolute Gasteiger partial charge is 0.497 e. The first-order valence-corrected chi connectivity index (χ1v) is 10.9. The quantitative estimate of drug-likeness (QED) is 0.823. The van der Waals surface area contributed by atoms with Crippen molar-refractivity contribution in [2.45, 2.75) is 50.1 Å². The Kier molecular flexibility index (Phi) is 6.05. The fraction of sp³-hybridized carbons (Fsp3) is 0.381.